The summed E-state index contributed by atoms with van der Waals surface area (Å²) in [6.45, 7) is 11.5. The zero-order valence-electron chi connectivity index (χ0n) is 32.9. The number of rotatable bonds is 9. The number of amides is 1. The van der Waals surface area contributed by atoms with E-state index in [1.54, 1.807) is 0 Å². The molecule has 1 amide bonds. The maximum Gasteiger partial charge on any atom is 0.399 e. The molecule has 302 valence electrons. The van der Waals surface area contributed by atoms with Gasteiger partial charge in [-0.1, -0.05) is 38.1 Å². The van der Waals surface area contributed by atoms with Crippen LogP contribution in [0, 0.1) is 19.8 Å². The Morgan fingerprint density at radius 1 is 1.04 bits per heavy atom. The van der Waals surface area contributed by atoms with E-state index in [0.29, 0.717) is 28.4 Å². The van der Waals surface area contributed by atoms with Gasteiger partial charge in [0.05, 0.1) is 47.8 Å². The predicted octanol–water partition coefficient (Wildman–Crippen LogP) is 7.46. The standard InChI is InChI=1S/C41H46F3N7O5S/c1-23(2)16-27-11-8-10-25(5)34(27)35-26(6)37-48-39(47-35)49-57(53,54)31-13-9-12-28(17-31)38(52)51(30(22-56-37)21-55-24(3)4)20-29-19-45-32-18-33(50(7)36(32)46-29)40(14-15-40)41(42,43)44/h8-13,17-19,23-24,30H,14-16,20-22H2,1-7H3,(H,47,48,49)/t30-/m1/s1. The molecule has 0 saturated heterocycles. The summed E-state index contributed by atoms with van der Waals surface area (Å²) in [5, 5.41) is 0. The number of halogens is 3. The predicted molar refractivity (Wildman–Crippen MR) is 208 cm³/mol. The summed E-state index contributed by atoms with van der Waals surface area (Å²) in [7, 11) is -2.78. The lowest BCUT2D eigenvalue weighted by Gasteiger charge is -2.32. The Labute approximate surface area is 329 Å². The number of carbonyl (C=O) groups is 1. The van der Waals surface area contributed by atoms with E-state index in [4.69, 9.17) is 19.4 Å². The van der Waals surface area contributed by atoms with E-state index in [1.165, 1.54) is 53.0 Å². The maximum absolute atomic E-state index is 14.6. The number of anilines is 1. The smallest absolute Gasteiger partial charge is 0.399 e. The molecule has 1 saturated carbocycles. The zero-order chi connectivity index (χ0) is 41.0. The summed E-state index contributed by atoms with van der Waals surface area (Å²) < 4.78 is 86.8. The molecule has 1 atom stereocenters. The number of carbonyl (C=O) groups excluding carboxylic acids is 1. The normalized spacial score (nSPS) is 17.9. The third-order valence-electron chi connectivity index (χ3n) is 10.6. The second kappa shape index (κ2) is 15.0. The van der Waals surface area contributed by atoms with E-state index in [1.807, 2.05) is 45.9 Å². The lowest BCUT2D eigenvalue weighted by Crippen LogP contribution is -2.46. The summed E-state index contributed by atoms with van der Waals surface area (Å²) in [4.78, 5) is 34.4. The van der Waals surface area contributed by atoms with Crippen molar-refractivity contribution in [2.75, 3.05) is 17.9 Å². The highest BCUT2D eigenvalue weighted by atomic mass is 32.2. The molecule has 1 aliphatic carbocycles. The van der Waals surface area contributed by atoms with E-state index in [2.05, 4.69) is 28.5 Å². The minimum Gasteiger partial charge on any atom is -0.475 e. The fourth-order valence-electron chi connectivity index (χ4n) is 7.45. The summed E-state index contributed by atoms with van der Waals surface area (Å²) in [6, 6.07) is 12.3. The van der Waals surface area contributed by atoms with E-state index >= 15 is 0 Å². The van der Waals surface area contributed by atoms with Gasteiger partial charge in [-0.25, -0.2) is 23.1 Å². The number of hydrogen-bond donors (Lipinski definition) is 1. The van der Waals surface area contributed by atoms with Crippen molar-refractivity contribution in [3.63, 3.8) is 0 Å². The van der Waals surface area contributed by atoms with Crippen molar-refractivity contribution in [2.45, 2.75) is 96.0 Å². The highest BCUT2D eigenvalue weighted by Crippen LogP contribution is 2.59. The van der Waals surface area contributed by atoms with Crippen LogP contribution in [-0.4, -0.2) is 75.3 Å². The molecule has 5 aromatic rings. The highest BCUT2D eigenvalue weighted by molar-refractivity contribution is 7.92. The number of alkyl halides is 3. The molecular weight excluding hydrogens is 760 g/mol. The number of aryl methyl sites for hydroxylation is 2. The molecule has 1 aliphatic heterocycles. The van der Waals surface area contributed by atoms with Crippen LogP contribution in [0.15, 0.2) is 59.6 Å². The van der Waals surface area contributed by atoms with Gasteiger partial charge in [-0.3, -0.25) is 9.78 Å². The van der Waals surface area contributed by atoms with Crippen LogP contribution in [-0.2, 0) is 40.2 Å². The van der Waals surface area contributed by atoms with Gasteiger partial charge in [-0.15, -0.1) is 0 Å². The molecule has 57 heavy (non-hydrogen) atoms. The third-order valence-corrected chi connectivity index (χ3v) is 11.9. The first-order chi connectivity index (χ1) is 26.9. The Morgan fingerprint density at radius 2 is 1.77 bits per heavy atom. The van der Waals surface area contributed by atoms with Gasteiger partial charge in [0.25, 0.3) is 15.9 Å². The number of nitrogens with one attached hydrogen (secondary N) is 1. The van der Waals surface area contributed by atoms with Crippen LogP contribution in [0.25, 0.3) is 22.4 Å². The fraction of sp³-hybridized carbons (Fsp3) is 0.439. The van der Waals surface area contributed by atoms with E-state index in [9.17, 15) is 26.4 Å². The molecule has 7 rings (SSSR count). The minimum absolute atomic E-state index is 0.0118. The lowest BCUT2D eigenvalue weighted by atomic mass is 9.91. The molecule has 2 aromatic carbocycles. The Hall–Kier alpha value is -5.09. The van der Waals surface area contributed by atoms with Gasteiger partial charge in [0.15, 0.2) is 5.65 Å². The van der Waals surface area contributed by atoms with Crippen molar-refractivity contribution >= 4 is 33.0 Å². The molecule has 12 nitrogen and oxygen atoms in total. The van der Waals surface area contributed by atoms with Gasteiger partial charge in [0.2, 0.25) is 11.8 Å². The maximum atomic E-state index is 14.6. The number of nitrogens with zero attached hydrogens (tertiary/aromatic N) is 6. The van der Waals surface area contributed by atoms with Gasteiger partial charge in [0.1, 0.15) is 17.5 Å². The first kappa shape index (κ1) is 40.1. The molecule has 3 aromatic heterocycles. The number of benzene rings is 2. The molecule has 2 aliphatic rings. The molecule has 1 fully saturated rings. The van der Waals surface area contributed by atoms with Gasteiger partial charge in [0, 0.05) is 29.4 Å². The monoisotopic (exact) mass is 805 g/mol. The average molecular weight is 806 g/mol. The van der Waals surface area contributed by atoms with Crippen LogP contribution in [0.1, 0.15) is 79.0 Å². The van der Waals surface area contributed by atoms with Crippen LogP contribution in [0.2, 0.25) is 0 Å². The molecule has 0 radical (unpaired) electrons. The molecule has 1 N–H and O–H groups in total. The van der Waals surface area contributed by atoms with Crippen LogP contribution < -0.4 is 9.46 Å². The summed E-state index contributed by atoms with van der Waals surface area (Å²) in [5.74, 6) is -0.315. The van der Waals surface area contributed by atoms with E-state index in [0.717, 1.165) is 23.1 Å². The molecule has 0 spiro atoms. The number of hydrogen-bond acceptors (Lipinski definition) is 9. The van der Waals surface area contributed by atoms with Crippen molar-refractivity contribution < 1.29 is 35.9 Å². The average Bonchev–Trinajstić information content (AvgIpc) is 3.90. The minimum atomic E-state index is -4.43. The largest absolute Gasteiger partial charge is 0.475 e. The van der Waals surface area contributed by atoms with Gasteiger partial charge in [-0.05, 0) is 88.3 Å². The zero-order valence-corrected chi connectivity index (χ0v) is 33.8. The molecule has 0 unspecified atom stereocenters. The third kappa shape index (κ3) is 7.81. The Balaban J connectivity index is 1.35. The van der Waals surface area contributed by atoms with Gasteiger partial charge < -0.3 is 18.9 Å². The summed E-state index contributed by atoms with van der Waals surface area (Å²) >= 11 is 0. The topological polar surface area (TPSA) is 141 Å². The molecule has 4 heterocycles. The summed E-state index contributed by atoms with van der Waals surface area (Å²) in [6.07, 6.45) is -2.51. The van der Waals surface area contributed by atoms with Crippen LogP contribution >= 0.6 is 0 Å². The number of aromatic nitrogens is 5. The lowest BCUT2D eigenvalue weighted by molar-refractivity contribution is -0.162. The van der Waals surface area contributed by atoms with Gasteiger partial charge >= 0.3 is 6.18 Å². The first-order valence-corrected chi connectivity index (χ1v) is 20.4. The quantitative estimate of drug-likeness (QED) is 0.161. The van der Waals surface area contributed by atoms with Crippen LogP contribution in [0.3, 0.4) is 0 Å². The molecule has 4 bridgehead atoms. The SMILES string of the molecule is Cc1cccc(CC(C)C)c1-c1nc2nc(c1C)OC[C@@H](COC(C)C)N(Cc1cnc3cc(C4(C(F)(F)F)CC4)n(C)c3n1)C(=O)c1cccc(c1)S(=O)(=O)N2. The van der Waals surface area contributed by atoms with Crippen molar-refractivity contribution in [3.05, 3.63) is 88.4 Å². The van der Waals surface area contributed by atoms with Crippen molar-refractivity contribution in [2.24, 2.45) is 13.0 Å². The fourth-order valence-corrected chi connectivity index (χ4v) is 8.44. The van der Waals surface area contributed by atoms with Crippen molar-refractivity contribution in [1.82, 2.24) is 29.4 Å². The van der Waals surface area contributed by atoms with Crippen LogP contribution in [0.4, 0.5) is 19.1 Å². The number of sulfonamides is 1. The molecule has 16 heteroatoms. The van der Waals surface area contributed by atoms with Crippen molar-refractivity contribution in [3.8, 4) is 17.1 Å². The number of ether oxygens (including phenoxy) is 2. The Kier molecular flexibility index (Phi) is 10.6. The first-order valence-electron chi connectivity index (χ1n) is 18.9. The van der Waals surface area contributed by atoms with Gasteiger partial charge in [-0.2, -0.15) is 18.2 Å². The van der Waals surface area contributed by atoms with E-state index in [-0.39, 0.29) is 72.3 Å². The summed E-state index contributed by atoms with van der Waals surface area (Å²) in [5.41, 5.74) is 2.93. The van der Waals surface area contributed by atoms with Crippen LogP contribution in [0.5, 0.6) is 5.88 Å². The van der Waals surface area contributed by atoms with Crippen molar-refractivity contribution in [1.29, 1.82) is 0 Å². The molecular formula is C41H46F3N7O5S. The second-order valence-corrected chi connectivity index (χ2v) is 17.4. The van der Waals surface area contributed by atoms with E-state index < -0.39 is 33.6 Å². The number of fused-ring (bicyclic) bond motifs is 5. The second-order valence-electron chi connectivity index (χ2n) is 15.7. The Bertz CT molecular complexity index is 2460. The highest BCUT2D eigenvalue weighted by Gasteiger charge is 2.65. The Morgan fingerprint density at radius 3 is 2.46 bits per heavy atom.